The minimum Gasteiger partial charge on any atom is -0.346 e. The predicted molar refractivity (Wildman–Crippen MR) is 116 cm³/mol. The normalized spacial score (nSPS) is 15.3. The molecule has 3 nitrogen and oxygen atoms in total. The summed E-state index contributed by atoms with van der Waals surface area (Å²) in [7, 11) is 0. The van der Waals surface area contributed by atoms with Gasteiger partial charge in [-0.15, -0.1) is 0 Å². The Kier molecular flexibility index (Phi) is 6.81. The quantitative estimate of drug-likeness (QED) is 0.797. The second kappa shape index (κ2) is 9.51. The fourth-order valence-corrected chi connectivity index (χ4v) is 3.47. The Hall–Kier alpha value is -2.17. The monoisotopic (exact) mass is 365 g/mol. The number of hydrogen-bond donors (Lipinski definition) is 1. The van der Waals surface area contributed by atoms with Crippen molar-refractivity contribution in [1.29, 1.82) is 0 Å². The molecule has 0 unspecified atom stereocenters. The maximum absolute atomic E-state index is 5.64. The average molecular weight is 366 g/mol. The first kappa shape index (κ1) is 18.6. The number of anilines is 1. The number of nitrogens with zero attached hydrogens (tertiary/aromatic N) is 2. The van der Waals surface area contributed by atoms with Crippen molar-refractivity contribution in [1.82, 2.24) is 9.80 Å². The molecule has 1 aliphatic rings. The summed E-state index contributed by atoms with van der Waals surface area (Å²) in [6.45, 7) is 7.18. The van der Waals surface area contributed by atoms with E-state index < -0.39 is 0 Å². The molecule has 3 rings (SSSR count). The number of piperazine rings is 1. The van der Waals surface area contributed by atoms with Crippen molar-refractivity contribution in [3.8, 4) is 0 Å². The number of hydrogen-bond acceptors (Lipinski definition) is 2. The van der Waals surface area contributed by atoms with E-state index in [1.807, 2.05) is 6.07 Å². The zero-order valence-corrected chi connectivity index (χ0v) is 16.2. The largest absolute Gasteiger partial charge is 0.346 e. The van der Waals surface area contributed by atoms with E-state index in [0.717, 1.165) is 49.9 Å². The lowest BCUT2D eigenvalue weighted by Gasteiger charge is -2.35. The minimum absolute atomic E-state index is 0.838. The van der Waals surface area contributed by atoms with Crippen LogP contribution in [0.15, 0.2) is 60.7 Å². The van der Waals surface area contributed by atoms with Crippen LogP contribution in [0.3, 0.4) is 0 Å². The molecular formula is C22H27N3S. The Morgan fingerprint density at radius 1 is 1.00 bits per heavy atom. The molecule has 0 saturated carbocycles. The van der Waals surface area contributed by atoms with Gasteiger partial charge in [-0.2, -0.15) is 0 Å². The summed E-state index contributed by atoms with van der Waals surface area (Å²) in [5.41, 5.74) is 3.69. The van der Waals surface area contributed by atoms with Crippen LogP contribution < -0.4 is 5.32 Å². The maximum Gasteiger partial charge on any atom is 0.173 e. The number of rotatable bonds is 5. The molecule has 0 aromatic heterocycles. The lowest BCUT2D eigenvalue weighted by Crippen LogP contribution is -2.49. The molecule has 0 aliphatic carbocycles. The Balaban J connectivity index is 1.46. The summed E-state index contributed by atoms with van der Waals surface area (Å²) in [6, 6.07) is 18.9. The van der Waals surface area contributed by atoms with E-state index in [0.29, 0.717) is 0 Å². The van der Waals surface area contributed by atoms with Gasteiger partial charge in [-0.3, -0.25) is 4.90 Å². The standard InChI is InChI=1S/C22H27N3S/c1-2-20-12-6-7-13-21(20)23-22(26)25-17-15-24(16-18-25)14-8-11-19-9-4-3-5-10-19/h3-13H,2,14-18H2,1H3,(H,23,26)/b11-8+. The third-order valence-electron chi connectivity index (χ3n) is 4.77. The molecule has 0 spiro atoms. The van der Waals surface area contributed by atoms with Crippen LogP contribution in [0.4, 0.5) is 5.69 Å². The van der Waals surface area contributed by atoms with Crippen molar-refractivity contribution in [2.24, 2.45) is 0 Å². The van der Waals surface area contributed by atoms with Gasteiger partial charge in [0.25, 0.3) is 0 Å². The van der Waals surface area contributed by atoms with Gasteiger partial charge in [0, 0.05) is 38.4 Å². The highest BCUT2D eigenvalue weighted by Crippen LogP contribution is 2.16. The summed E-state index contributed by atoms with van der Waals surface area (Å²) < 4.78 is 0. The third-order valence-corrected chi connectivity index (χ3v) is 5.13. The smallest absolute Gasteiger partial charge is 0.173 e. The van der Waals surface area contributed by atoms with Crippen molar-refractivity contribution in [3.05, 3.63) is 71.8 Å². The Morgan fingerprint density at radius 2 is 1.69 bits per heavy atom. The van der Waals surface area contributed by atoms with Gasteiger partial charge in [0.2, 0.25) is 0 Å². The molecule has 1 fully saturated rings. The van der Waals surface area contributed by atoms with Crippen LogP contribution in [0.1, 0.15) is 18.1 Å². The zero-order chi connectivity index (χ0) is 18.2. The molecule has 0 radical (unpaired) electrons. The molecule has 2 aromatic rings. The van der Waals surface area contributed by atoms with E-state index in [4.69, 9.17) is 12.2 Å². The summed E-state index contributed by atoms with van der Waals surface area (Å²) in [4.78, 5) is 4.75. The summed E-state index contributed by atoms with van der Waals surface area (Å²) in [5, 5.41) is 4.27. The van der Waals surface area contributed by atoms with Crippen molar-refractivity contribution in [2.45, 2.75) is 13.3 Å². The van der Waals surface area contributed by atoms with Crippen LogP contribution in [-0.2, 0) is 6.42 Å². The first-order valence-electron chi connectivity index (χ1n) is 9.34. The highest BCUT2D eigenvalue weighted by molar-refractivity contribution is 7.80. The van der Waals surface area contributed by atoms with E-state index in [1.165, 1.54) is 11.1 Å². The van der Waals surface area contributed by atoms with Crippen LogP contribution >= 0.6 is 12.2 Å². The topological polar surface area (TPSA) is 18.5 Å². The summed E-state index contributed by atoms with van der Waals surface area (Å²) >= 11 is 5.64. The van der Waals surface area contributed by atoms with Gasteiger partial charge < -0.3 is 10.2 Å². The van der Waals surface area contributed by atoms with Crippen LogP contribution in [0.25, 0.3) is 6.08 Å². The van der Waals surface area contributed by atoms with Crippen LogP contribution in [0.5, 0.6) is 0 Å². The van der Waals surface area contributed by atoms with Crippen molar-refractivity contribution < 1.29 is 0 Å². The Labute approximate surface area is 162 Å². The molecule has 1 saturated heterocycles. The number of para-hydroxylation sites is 1. The van der Waals surface area contributed by atoms with Crippen LogP contribution in [0.2, 0.25) is 0 Å². The second-order valence-electron chi connectivity index (χ2n) is 6.54. The molecule has 1 N–H and O–H groups in total. The van der Waals surface area contributed by atoms with Gasteiger partial charge in [0.15, 0.2) is 5.11 Å². The predicted octanol–water partition coefficient (Wildman–Crippen LogP) is 4.28. The van der Waals surface area contributed by atoms with Crippen molar-refractivity contribution in [2.75, 3.05) is 38.0 Å². The molecule has 1 heterocycles. The van der Waals surface area contributed by atoms with Gasteiger partial charge in [-0.05, 0) is 35.8 Å². The second-order valence-corrected chi connectivity index (χ2v) is 6.93. The summed E-state index contributed by atoms with van der Waals surface area (Å²) in [6.07, 6.45) is 5.45. The molecule has 0 bridgehead atoms. The first-order valence-corrected chi connectivity index (χ1v) is 9.75. The van der Waals surface area contributed by atoms with Gasteiger partial charge in [0.05, 0.1) is 0 Å². The van der Waals surface area contributed by atoms with Crippen molar-refractivity contribution in [3.63, 3.8) is 0 Å². The van der Waals surface area contributed by atoms with Crippen LogP contribution in [-0.4, -0.2) is 47.6 Å². The maximum atomic E-state index is 5.64. The van der Waals surface area contributed by atoms with Gasteiger partial charge >= 0.3 is 0 Å². The molecule has 2 aromatic carbocycles. The Bertz CT molecular complexity index is 734. The molecule has 136 valence electrons. The molecule has 4 heteroatoms. The van der Waals surface area contributed by atoms with E-state index in [2.05, 4.69) is 82.7 Å². The lowest BCUT2D eigenvalue weighted by molar-refractivity contribution is 0.200. The van der Waals surface area contributed by atoms with Gasteiger partial charge in [0.1, 0.15) is 0 Å². The van der Waals surface area contributed by atoms with E-state index in [9.17, 15) is 0 Å². The zero-order valence-electron chi connectivity index (χ0n) is 15.4. The molecule has 0 amide bonds. The number of thiocarbonyl (C=S) groups is 1. The number of nitrogens with one attached hydrogen (secondary N) is 1. The first-order chi connectivity index (χ1) is 12.8. The molecule has 1 aliphatic heterocycles. The fourth-order valence-electron chi connectivity index (χ4n) is 3.18. The van der Waals surface area contributed by atoms with Gasteiger partial charge in [-0.1, -0.05) is 67.6 Å². The van der Waals surface area contributed by atoms with E-state index in [1.54, 1.807) is 0 Å². The molecule has 0 atom stereocenters. The summed E-state index contributed by atoms with van der Waals surface area (Å²) in [5.74, 6) is 0. The van der Waals surface area contributed by atoms with E-state index >= 15 is 0 Å². The number of benzene rings is 2. The lowest BCUT2D eigenvalue weighted by atomic mass is 10.1. The highest BCUT2D eigenvalue weighted by atomic mass is 32.1. The Morgan fingerprint density at radius 3 is 2.42 bits per heavy atom. The van der Waals surface area contributed by atoms with Gasteiger partial charge in [-0.25, -0.2) is 0 Å². The SMILES string of the molecule is CCc1ccccc1NC(=S)N1CCN(C/C=C/c2ccccc2)CC1. The van der Waals surface area contributed by atoms with Crippen LogP contribution in [0, 0.1) is 0 Å². The molecule has 26 heavy (non-hydrogen) atoms. The third kappa shape index (κ3) is 5.16. The fraction of sp³-hybridized carbons (Fsp3) is 0.318. The highest BCUT2D eigenvalue weighted by Gasteiger charge is 2.18. The van der Waals surface area contributed by atoms with E-state index in [-0.39, 0.29) is 0 Å². The number of aryl methyl sites for hydroxylation is 1. The molecular weight excluding hydrogens is 338 g/mol. The average Bonchev–Trinajstić information content (AvgIpc) is 2.70. The minimum atomic E-state index is 0.838. The van der Waals surface area contributed by atoms with Crippen molar-refractivity contribution >= 4 is 29.1 Å².